The predicted molar refractivity (Wildman–Crippen MR) is 77.7 cm³/mol. The van der Waals surface area contributed by atoms with Gasteiger partial charge in [0.05, 0.1) is 5.69 Å². The van der Waals surface area contributed by atoms with Crippen molar-refractivity contribution in [3.05, 3.63) is 29.6 Å². The Balaban J connectivity index is 2.28. The molecule has 1 heterocycles. The minimum absolute atomic E-state index is 0.952. The highest BCUT2D eigenvalue weighted by molar-refractivity contribution is 5.09. The molecule has 3 nitrogen and oxygen atoms in total. The summed E-state index contributed by atoms with van der Waals surface area (Å²) in [6.07, 6.45) is 2.53. The predicted octanol–water partition coefficient (Wildman–Crippen LogP) is 2.60. The van der Waals surface area contributed by atoms with Gasteiger partial charge in [0.15, 0.2) is 0 Å². The summed E-state index contributed by atoms with van der Waals surface area (Å²) < 4.78 is 0. The van der Waals surface area contributed by atoms with E-state index >= 15 is 0 Å². The second-order valence-electron chi connectivity index (χ2n) is 4.74. The van der Waals surface area contributed by atoms with E-state index in [1.165, 1.54) is 18.5 Å². The van der Waals surface area contributed by atoms with Crippen LogP contribution in [0.3, 0.4) is 0 Å². The molecule has 0 unspecified atom stereocenters. The topological polar surface area (TPSA) is 28.2 Å². The standard InChI is InChI=1S/C15H27N3/c1-4-6-10-16-11-12-18(5-2)13-15-9-7-8-14(3)17-15/h7-9,16H,4-6,10-13H2,1-3H3. The maximum absolute atomic E-state index is 4.56. The summed E-state index contributed by atoms with van der Waals surface area (Å²) in [4.78, 5) is 6.99. The summed E-state index contributed by atoms with van der Waals surface area (Å²) in [5, 5.41) is 3.49. The first-order valence-electron chi connectivity index (χ1n) is 7.11. The van der Waals surface area contributed by atoms with Crippen molar-refractivity contribution in [3.63, 3.8) is 0 Å². The Bertz CT molecular complexity index is 325. The number of unbranched alkanes of at least 4 members (excludes halogenated alkanes) is 1. The molecule has 0 fully saturated rings. The molecule has 0 radical (unpaired) electrons. The Morgan fingerprint density at radius 2 is 2.06 bits per heavy atom. The third-order valence-corrected chi connectivity index (χ3v) is 3.09. The van der Waals surface area contributed by atoms with Crippen LogP contribution in [0.25, 0.3) is 0 Å². The van der Waals surface area contributed by atoms with E-state index in [9.17, 15) is 0 Å². The van der Waals surface area contributed by atoms with Crippen LogP contribution in [0.5, 0.6) is 0 Å². The van der Waals surface area contributed by atoms with Crippen LogP contribution in [0.4, 0.5) is 0 Å². The second kappa shape index (κ2) is 9.06. The van der Waals surface area contributed by atoms with Crippen LogP contribution in [0.2, 0.25) is 0 Å². The summed E-state index contributed by atoms with van der Waals surface area (Å²) in [7, 11) is 0. The van der Waals surface area contributed by atoms with Gasteiger partial charge in [-0.25, -0.2) is 0 Å². The number of likely N-dealkylation sites (N-methyl/N-ethyl adjacent to an activating group) is 1. The van der Waals surface area contributed by atoms with Gasteiger partial charge in [0, 0.05) is 25.3 Å². The molecule has 1 N–H and O–H groups in total. The van der Waals surface area contributed by atoms with Crippen molar-refractivity contribution in [3.8, 4) is 0 Å². The zero-order valence-corrected chi connectivity index (χ0v) is 12.1. The minimum atomic E-state index is 0.952. The lowest BCUT2D eigenvalue weighted by Gasteiger charge is -2.20. The van der Waals surface area contributed by atoms with Crippen molar-refractivity contribution in [2.75, 3.05) is 26.2 Å². The molecule has 18 heavy (non-hydrogen) atoms. The molecule has 0 saturated heterocycles. The van der Waals surface area contributed by atoms with E-state index in [1.54, 1.807) is 0 Å². The monoisotopic (exact) mass is 249 g/mol. The van der Waals surface area contributed by atoms with Crippen molar-refractivity contribution in [1.29, 1.82) is 0 Å². The van der Waals surface area contributed by atoms with E-state index in [0.717, 1.165) is 38.4 Å². The third-order valence-electron chi connectivity index (χ3n) is 3.09. The summed E-state index contributed by atoms with van der Waals surface area (Å²) in [6, 6.07) is 6.25. The summed E-state index contributed by atoms with van der Waals surface area (Å²) in [6.45, 7) is 11.8. The third kappa shape index (κ3) is 6.12. The minimum Gasteiger partial charge on any atom is -0.315 e. The lowest BCUT2D eigenvalue weighted by molar-refractivity contribution is 0.276. The van der Waals surface area contributed by atoms with Gasteiger partial charge in [0.1, 0.15) is 0 Å². The molecule has 0 atom stereocenters. The van der Waals surface area contributed by atoms with Gasteiger partial charge in [-0.2, -0.15) is 0 Å². The van der Waals surface area contributed by atoms with Gasteiger partial charge in [-0.3, -0.25) is 9.88 Å². The highest BCUT2D eigenvalue weighted by Gasteiger charge is 2.04. The van der Waals surface area contributed by atoms with Gasteiger partial charge in [-0.05, 0) is 38.6 Å². The summed E-state index contributed by atoms with van der Waals surface area (Å²) >= 11 is 0. The molecule has 3 heteroatoms. The first kappa shape index (κ1) is 15.1. The largest absolute Gasteiger partial charge is 0.315 e. The van der Waals surface area contributed by atoms with Crippen LogP contribution < -0.4 is 5.32 Å². The molecular weight excluding hydrogens is 222 g/mol. The molecule has 0 saturated carbocycles. The van der Waals surface area contributed by atoms with Gasteiger partial charge >= 0.3 is 0 Å². The lowest BCUT2D eigenvalue weighted by Crippen LogP contribution is -2.32. The van der Waals surface area contributed by atoms with Crippen LogP contribution in [-0.4, -0.2) is 36.1 Å². The zero-order valence-electron chi connectivity index (χ0n) is 12.1. The molecule has 1 aromatic rings. The average molecular weight is 249 g/mol. The van der Waals surface area contributed by atoms with Crippen molar-refractivity contribution in [1.82, 2.24) is 15.2 Å². The summed E-state index contributed by atoms with van der Waals surface area (Å²) in [5.41, 5.74) is 2.27. The Morgan fingerprint density at radius 3 is 2.72 bits per heavy atom. The second-order valence-corrected chi connectivity index (χ2v) is 4.74. The molecule has 0 aliphatic carbocycles. The van der Waals surface area contributed by atoms with Crippen LogP contribution in [0, 0.1) is 6.92 Å². The van der Waals surface area contributed by atoms with E-state index in [4.69, 9.17) is 0 Å². The fourth-order valence-electron chi connectivity index (χ4n) is 1.93. The quantitative estimate of drug-likeness (QED) is 0.682. The van der Waals surface area contributed by atoms with Gasteiger partial charge in [0.25, 0.3) is 0 Å². The Hall–Kier alpha value is -0.930. The molecular formula is C15H27N3. The smallest absolute Gasteiger partial charge is 0.0547 e. The first-order valence-corrected chi connectivity index (χ1v) is 7.11. The molecule has 0 aliphatic rings. The molecule has 0 aliphatic heterocycles. The van der Waals surface area contributed by atoms with E-state index < -0.39 is 0 Å². The average Bonchev–Trinajstić information content (AvgIpc) is 2.37. The molecule has 0 bridgehead atoms. The lowest BCUT2D eigenvalue weighted by atomic mass is 10.3. The maximum atomic E-state index is 4.56. The molecule has 102 valence electrons. The SMILES string of the molecule is CCCCNCCN(CC)Cc1cccc(C)n1. The van der Waals surface area contributed by atoms with E-state index in [0.29, 0.717) is 0 Å². The molecule has 1 rings (SSSR count). The van der Waals surface area contributed by atoms with Crippen LogP contribution in [0.1, 0.15) is 38.1 Å². The Kier molecular flexibility index (Phi) is 7.62. The van der Waals surface area contributed by atoms with Gasteiger partial charge in [-0.1, -0.05) is 26.3 Å². The molecule has 0 spiro atoms. The number of aromatic nitrogens is 1. The van der Waals surface area contributed by atoms with Crippen LogP contribution in [-0.2, 0) is 6.54 Å². The number of hydrogen-bond acceptors (Lipinski definition) is 3. The number of aryl methyl sites for hydroxylation is 1. The Morgan fingerprint density at radius 1 is 1.22 bits per heavy atom. The van der Waals surface area contributed by atoms with Crippen molar-refractivity contribution in [2.45, 2.75) is 40.2 Å². The van der Waals surface area contributed by atoms with Gasteiger partial charge in [-0.15, -0.1) is 0 Å². The molecule has 1 aromatic heterocycles. The highest BCUT2D eigenvalue weighted by Crippen LogP contribution is 2.02. The van der Waals surface area contributed by atoms with Crippen molar-refractivity contribution >= 4 is 0 Å². The molecule has 0 aromatic carbocycles. The van der Waals surface area contributed by atoms with Gasteiger partial charge < -0.3 is 5.32 Å². The zero-order chi connectivity index (χ0) is 13.2. The first-order chi connectivity index (χ1) is 8.76. The number of pyridine rings is 1. The molecule has 0 amide bonds. The number of hydrogen-bond donors (Lipinski definition) is 1. The van der Waals surface area contributed by atoms with E-state index in [-0.39, 0.29) is 0 Å². The normalized spacial score (nSPS) is 11.1. The highest BCUT2D eigenvalue weighted by atomic mass is 15.1. The maximum Gasteiger partial charge on any atom is 0.0547 e. The number of rotatable bonds is 9. The van der Waals surface area contributed by atoms with E-state index in [1.807, 2.05) is 13.0 Å². The van der Waals surface area contributed by atoms with Crippen molar-refractivity contribution in [2.24, 2.45) is 0 Å². The van der Waals surface area contributed by atoms with Crippen LogP contribution >= 0.6 is 0 Å². The Labute approximate surface area is 112 Å². The fraction of sp³-hybridized carbons (Fsp3) is 0.667. The fourth-order valence-corrected chi connectivity index (χ4v) is 1.93. The number of nitrogens with zero attached hydrogens (tertiary/aromatic N) is 2. The van der Waals surface area contributed by atoms with Crippen molar-refractivity contribution < 1.29 is 0 Å². The van der Waals surface area contributed by atoms with Crippen LogP contribution in [0.15, 0.2) is 18.2 Å². The number of nitrogens with one attached hydrogen (secondary N) is 1. The van der Waals surface area contributed by atoms with Gasteiger partial charge in [0.2, 0.25) is 0 Å². The van der Waals surface area contributed by atoms with E-state index in [2.05, 4.69) is 41.2 Å². The summed E-state index contributed by atoms with van der Waals surface area (Å²) in [5.74, 6) is 0.